The van der Waals surface area contributed by atoms with E-state index < -0.39 is 0 Å². The van der Waals surface area contributed by atoms with Crippen molar-refractivity contribution in [3.63, 3.8) is 0 Å². The van der Waals surface area contributed by atoms with Gasteiger partial charge in [0.25, 0.3) is 0 Å². The molecular formula is C56H36N6. The van der Waals surface area contributed by atoms with Crippen LogP contribution in [-0.2, 0) is 0 Å². The highest BCUT2D eigenvalue weighted by Gasteiger charge is 2.21. The van der Waals surface area contributed by atoms with E-state index in [9.17, 15) is 0 Å². The smallest absolute Gasteiger partial charge is 0.238 e. The summed E-state index contributed by atoms with van der Waals surface area (Å²) in [7, 11) is 0. The summed E-state index contributed by atoms with van der Waals surface area (Å²) in [6.45, 7) is 0. The van der Waals surface area contributed by atoms with Crippen LogP contribution in [0.3, 0.4) is 0 Å². The fraction of sp³-hybridized carbons (Fsp3) is 0. The molecule has 0 unspecified atom stereocenters. The number of hydrogen-bond acceptors (Lipinski definition) is 4. The maximum Gasteiger partial charge on any atom is 0.238 e. The molecule has 4 aromatic heterocycles. The zero-order valence-corrected chi connectivity index (χ0v) is 33.5. The first-order valence-electron chi connectivity index (χ1n) is 20.8. The Labute approximate surface area is 357 Å². The van der Waals surface area contributed by atoms with Crippen molar-refractivity contribution in [3.8, 4) is 68.1 Å². The topological polar surface area (TPSA) is 61.4 Å². The highest BCUT2D eigenvalue weighted by molar-refractivity contribution is 6.19. The molecule has 0 bridgehead atoms. The third-order valence-electron chi connectivity index (χ3n) is 11.8. The second-order valence-corrected chi connectivity index (χ2v) is 15.5. The van der Waals surface area contributed by atoms with Crippen LogP contribution in [0.4, 0.5) is 0 Å². The van der Waals surface area contributed by atoms with Gasteiger partial charge in [-0.2, -0.15) is 9.97 Å². The normalized spacial score (nSPS) is 11.5. The van der Waals surface area contributed by atoms with Crippen LogP contribution >= 0.6 is 0 Å². The van der Waals surface area contributed by atoms with E-state index in [0.717, 1.165) is 72.2 Å². The van der Waals surface area contributed by atoms with Crippen LogP contribution in [0.2, 0.25) is 0 Å². The Morgan fingerprint density at radius 2 is 0.694 bits per heavy atom. The van der Waals surface area contributed by atoms with Crippen molar-refractivity contribution >= 4 is 43.6 Å². The van der Waals surface area contributed by atoms with Crippen molar-refractivity contribution in [2.24, 2.45) is 0 Å². The van der Waals surface area contributed by atoms with Crippen molar-refractivity contribution in [2.45, 2.75) is 0 Å². The monoisotopic (exact) mass is 792 g/mol. The van der Waals surface area contributed by atoms with Crippen LogP contribution in [0, 0.1) is 0 Å². The number of pyridine rings is 1. The highest BCUT2D eigenvalue weighted by atomic mass is 15.2. The van der Waals surface area contributed by atoms with Gasteiger partial charge < -0.3 is 4.57 Å². The third kappa shape index (κ3) is 6.04. The molecule has 0 aliphatic heterocycles. The van der Waals surface area contributed by atoms with Crippen LogP contribution in [-0.4, -0.2) is 29.1 Å². The molecule has 12 aromatic rings. The molecule has 4 heterocycles. The van der Waals surface area contributed by atoms with Gasteiger partial charge >= 0.3 is 0 Å². The van der Waals surface area contributed by atoms with Crippen LogP contribution in [0.25, 0.3) is 112 Å². The van der Waals surface area contributed by atoms with Gasteiger partial charge in [-0.05, 0) is 59.7 Å². The summed E-state index contributed by atoms with van der Waals surface area (Å²) in [5, 5.41) is 4.64. The Kier molecular flexibility index (Phi) is 8.38. The SMILES string of the molecule is c1ccc(-c2ccc(-c3cccc(-c4ccc(-n5c6ccccc6c6cc7c8ccccc8n(-c8nc(-c9ccccc9)nc(-c9ccccc9)n8)c7cc65)cc4)n3)cc2)cc1. The van der Waals surface area contributed by atoms with Gasteiger partial charge in [-0.1, -0.05) is 170 Å². The van der Waals surface area contributed by atoms with Crippen molar-refractivity contribution in [1.29, 1.82) is 0 Å². The molecular weight excluding hydrogens is 757 g/mol. The summed E-state index contributed by atoms with van der Waals surface area (Å²) in [6, 6.07) is 76.2. The summed E-state index contributed by atoms with van der Waals surface area (Å²) in [4.78, 5) is 20.5. The molecule has 0 saturated carbocycles. The molecule has 6 heteroatoms. The van der Waals surface area contributed by atoms with Gasteiger partial charge in [0.05, 0.1) is 33.5 Å². The minimum absolute atomic E-state index is 0.567. The van der Waals surface area contributed by atoms with E-state index in [1.54, 1.807) is 0 Å². The molecule has 62 heavy (non-hydrogen) atoms. The number of hydrogen-bond donors (Lipinski definition) is 0. The van der Waals surface area contributed by atoms with Gasteiger partial charge in [0, 0.05) is 49.5 Å². The fourth-order valence-corrected chi connectivity index (χ4v) is 8.82. The molecule has 290 valence electrons. The van der Waals surface area contributed by atoms with Gasteiger partial charge in [0.15, 0.2) is 11.6 Å². The number of para-hydroxylation sites is 2. The number of rotatable bonds is 7. The summed E-state index contributed by atoms with van der Waals surface area (Å²) in [6.07, 6.45) is 0. The Balaban J connectivity index is 0.998. The Bertz CT molecular complexity index is 3540. The minimum atomic E-state index is 0.567. The lowest BCUT2D eigenvalue weighted by Gasteiger charge is -2.12. The van der Waals surface area contributed by atoms with Crippen LogP contribution in [0.1, 0.15) is 0 Å². The van der Waals surface area contributed by atoms with E-state index in [0.29, 0.717) is 17.6 Å². The van der Waals surface area contributed by atoms with Gasteiger partial charge in [-0.15, -0.1) is 0 Å². The van der Waals surface area contributed by atoms with Crippen LogP contribution < -0.4 is 0 Å². The Morgan fingerprint density at radius 3 is 1.26 bits per heavy atom. The lowest BCUT2D eigenvalue weighted by molar-refractivity contribution is 0.953. The zero-order chi connectivity index (χ0) is 41.0. The van der Waals surface area contributed by atoms with Crippen LogP contribution in [0.5, 0.6) is 0 Å². The summed E-state index contributed by atoms with van der Waals surface area (Å²) < 4.78 is 4.57. The van der Waals surface area contributed by atoms with Crippen molar-refractivity contribution in [2.75, 3.05) is 0 Å². The standard InChI is InChI=1S/C56H36N6/c1-4-15-37(16-5-1)38-27-29-39(30-28-38)48-23-14-24-49(57-48)40-31-33-43(34-32-40)61-50-25-12-10-21-44(50)46-35-47-45-22-11-13-26-51(45)62(53(47)36-52(46)61)56-59-54(41-17-6-2-7-18-41)58-55(60-56)42-19-8-3-9-20-42/h1-36H. The maximum atomic E-state index is 5.18. The lowest BCUT2D eigenvalue weighted by atomic mass is 10.0. The molecule has 12 rings (SSSR count). The molecule has 0 spiro atoms. The summed E-state index contributed by atoms with van der Waals surface area (Å²) in [5.74, 6) is 1.81. The van der Waals surface area contributed by atoms with E-state index in [2.05, 4.69) is 161 Å². The molecule has 0 amide bonds. The van der Waals surface area contributed by atoms with Gasteiger partial charge in [-0.25, -0.2) is 9.97 Å². The zero-order valence-electron chi connectivity index (χ0n) is 33.5. The van der Waals surface area contributed by atoms with Gasteiger partial charge in [0.1, 0.15) is 0 Å². The molecule has 0 radical (unpaired) electrons. The highest BCUT2D eigenvalue weighted by Crippen LogP contribution is 2.40. The summed E-state index contributed by atoms with van der Waals surface area (Å²) >= 11 is 0. The first-order valence-corrected chi connectivity index (χ1v) is 20.8. The van der Waals surface area contributed by atoms with E-state index in [1.165, 1.54) is 21.9 Å². The Hall–Kier alpha value is -8.48. The molecule has 8 aromatic carbocycles. The predicted molar refractivity (Wildman–Crippen MR) is 253 cm³/mol. The lowest BCUT2D eigenvalue weighted by Crippen LogP contribution is -2.06. The molecule has 0 atom stereocenters. The Morgan fingerprint density at radius 1 is 0.258 bits per heavy atom. The van der Waals surface area contributed by atoms with Crippen molar-refractivity contribution in [3.05, 3.63) is 218 Å². The second kappa shape index (κ2) is 14.7. The number of nitrogens with zero attached hydrogens (tertiary/aromatic N) is 6. The average Bonchev–Trinajstić information content (AvgIpc) is 3.86. The molecule has 0 aliphatic carbocycles. The molecule has 0 saturated heterocycles. The second-order valence-electron chi connectivity index (χ2n) is 15.5. The first-order chi connectivity index (χ1) is 30.7. The summed E-state index contributed by atoms with van der Waals surface area (Å²) in [5.41, 5.74) is 13.6. The number of fused-ring (bicyclic) bond motifs is 6. The number of aromatic nitrogens is 6. The van der Waals surface area contributed by atoms with Gasteiger partial charge in [-0.3, -0.25) is 4.57 Å². The molecule has 0 aliphatic rings. The molecule has 0 N–H and O–H groups in total. The van der Waals surface area contributed by atoms with E-state index in [4.69, 9.17) is 19.9 Å². The average molecular weight is 793 g/mol. The van der Waals surface area contributed by atoms with E-state index in [-0.39, 0.29) is 0 Å². The van der Waals surface area contributed by atoms with Gasteiger partial charge in [0.2, 0.25) is 5.95 Å². The predicted octanol–water partition coefficient (Wildman–Crippen LogP) is 13.8. The minimum Gasteiger partial charge on any atom is -0.309 e. The quantitative estimate of drug-likeness (QED) is 0.161. The molecule has 6 nitrogen and oxygen atoms in total. The fourth-order valence-electron chi connectivity index (χ4n) is 8.82. The first kappa shape index (κ1) is 35.5. The van der Waals surface area contributed by atoms with E-state index >= 15 is 0 Å². The maximum absolute atomic E-state index is 5.18. The number of benzene rings is 8. The van der Waals surface area contributed by atoms with Crippen molar-refractivity contribution in [1.82, 2.24) is 29.1 Å². The van der Waals surface area contributed by atoms with Crippen LogP contribution in [0.15, 0.2) is 218 Å². The van der Waals surface area contributed by atoms with E-state index in [1.807, 2.05) is 66.7 Å². The molecule has 0 fully saturated rings. The third-order valence-corrected chi connectivity index (χ3v) is 11.8. The van der Waals surface area contributed by atoms with Crippen molar-refractivity contribution < 1.29 is 0 Å². The largest absolute Gasteiger partial charge is 0.309 e.